The summed E-state index contributed by atoms with van der Waals surface area (Å²) in [7, 11) is 1.68. The van der Waals surface area contributed by atoms with Gasteiger partial charge >= 0.3 is 0 Å². The number of aliphatic hydroxyl groups is 1. The van der Waals surface area contributed by atoms with Gasteiger partial charge in [-0.3, -0.25) is 9.59 Å². The van der Waals surface area contributed by atoms with Crippen molar-refractivity contribution in [2.24, 2.45) is 0 Å². The average molecular weight is 335 g/mol. The summed E-state index contributed by atoms with van der Waals surface area (Å²) in [5.41, 5.74) is 0.388. The standard InChI is InChI=1S/C17H25N3O4/c1-10-13(16(23)19-11(2)18-10)9-15(22)20-7-6-17(24-3)5-4-12(21)8-14(17)20/h12,14,21H,4-9H2,1-3H3,(H,18,19,23)/t12-,14-,17+/m0/s1. The quantitative estimate of drug-likeness (QED) is 0.837. The molecule has 7 heteroatoms. The van der Waals surface area contributed by atoms with Crippen molar-refractivity contribution in [3.8, 4) is 0 Å². The summed E-state index contributed by atoms with van der Waals surface area (Å²) in [5.74, 6) is 0.441. The molecule has 2 fully saturated rings. The monoisotopic (exact) mass is 335 g/mol. The molecule has 2 aliphatic rings. The Labute approximate surface area is 141 Å². The van der Waals surface area contributed by atoms with E-state index in [0.29, 0.717) is 36.5 Å². The Balaban J connectivity index is 1.82. The third-order valence-electron chi connectivity index (χ3n) is 5.55. The van der Waals surface area contributed by atoms with E-state index < -0.39 is 6.10 Å². The Morgan fingerprint density at radius 3 is 2.88 bits per heavy atom. The molecular formula is C17H25N3O4. The van der Waals surface area contributed by atoms with Crippen LogP contribution in [0.1, 0.15) is 42.8 Å². The number of hydrogen-bond donors (Lipinski definition) is 2. The van der Waals surface area contributed by atoms with Gasteiger partial charge in [0, 0.05) is 24.9 Å². The van der Waals surface area contributed by atoms with Crippen molar-refractivity contribution in [1.29, 1.82) is 0 Å². The first-order chi connectivity index (χ1) is 11.4. The smallest absolute Gasteiger partial charge is 0.254 e. The van der Waals surface area contributed by atoms with Crippen LogP contribution in [-0.2, 0) is 16.0 Å². The highest BCUT2D eigenvalue weighted by atomic mass is 16.5. The summed E-state index contributed by atoms with van der Waals surface area (Å²) in [5, 5.41) is 10.0. The summed E-state index contributed by atoms with van der Waals surface area (Å²) in [6.07, 6.45) is 2.38. The second-order valence-corrected chi connectivity index (χ2v) is 6.94. The number of carbonyl (C=O) groups is 1. The normalized spacial score (nSPS) is 29.6. The van der Waals surface area contributed by atoms with Crippen molar-refractivity contribution in [3.05, 3.63) is 27.4 Å². The summed E-state index contributed by atoms with van der Waals surface area (Å²) in [6.45, 7) is 4.07. The van der Waals surface area contributed by atoms with E-state index in [0.717, 1.165) is 12.8 Å². The predicted molar refractivity (Wildman–Crippen MR) is 87.8 cm³/mol. The number of carbonyl (C=O) groups excluding carboxylic acids is 1. The molecule has 0 unspecified atom stereocenters. The fourth-order valence-corrected chi connectivity index (χ4v) is 4.19. The van der Waals surface area contributed by atoms with Crippen molar-refractivity contribution >= 4 is 5.91 Å². The van der Waals surface area contributed by atoms with Crippen LogP contribution in [0.5, 0.6) is 0 Å². The summed E-state index contributed by atoms with van der Waals surface area (Å²) >= 11 is 0. The molecule has 1 aliphatic carbocycles. The molecule has 2 heterocycles. The van der Waals surface area contributed by atoms with Gasteiger partial charge in [0.25, 0.3) is 5.56 Å². The Hall–Kier alpha value is -1.73. The fourth-order valence-electron chi connectivity index (χ4n) is 4.19. The number of hydrogen-bond acceptors (Lipinski definition) is 5. The summed E-state index contributed by atoms with van der Waals surface area (Å²) in [6, 6.07) is -0.128. The highest BCUT2D eigenvalue weighted by Gasteiger charge is 2.52. The van der Waals surface area contributed by atoms with E-state index in [2.05, 4.69) is 9.97 Å². The van der Waals surface area contributed by atoms with Crippen LogP contribution in [0.2, 0.25) is 0 Å². The molecule has 132 valence electrons. The number of H-pyrrole nitrogens is 1. The van der Waals surface area contributed by atoms with E-state index in [1.807, 2.05) is 0 Å². The largest absolute Gasteiger partial charge is 0.393 e. The number of fused-ring (bicyclic) bond motifs is 1. The topological polar surface area (TPSA) is 95.5 Å². The summed E-state index contributed by atoms with van der Waals surface area (Å²) < 4.78 is 5.76. The molecular weight excluding hydrogens is 310 g/mol. The van der Waals surface area contributed by atoms with Gasteiger partial charge in [0.2, 0.25) is 5.91 Å². The highest BCUT2D eigenvalue weighted by molar-refractivity contribution is 5.79. The van der Waals surface area contributed by atoms with Crippen LogP contribution in [0.4, 0.5) is 0 Å². The van der Waals surface area contributed by atoms with E-state index in [-0.39, 0.29) is 29.5 Å². The number of aromatic amines is 1. The number of rotatable bonds is 3. The lowest BCUT2D eigenvalue weighted by Gasteiger charge is -2.42. The Bertz CT molecular complexity index is 702. The number of ether oxygens (including phenoxy) is 1. The van der Waals surface area contributed by atoms with Crippen molar-refractivity contribution in [2.45, 2.75) is 63.7 Å². The molecule has 1 saturated heterocycles. The minimum atomic E-state index is -0.405. The molecule has 0 radical (unpaired) electrons. The summed E-state index contributed by atoms with van der Waals surface area (Å²) in [4.78, 5) is 33.7. The van der Waals surface area contributed by atoms with Crippen molar-refractivity contribution in [3.63, 3.8) is 0 Å². The number of methoxy groups -OCH3 is 1. The van der Waals surface area contributed by atoms with Crippen LogP contribution >= 0.6 is 0 Å². The number of aryl methyl sites for hydroxylation is 2. The average Bonchev–Trinajstić information content (AvgIpc) is 2.90. The molecule has 1 aromatic rings. The molecule has 1 aliphatic heterocycles. The first kappa shape index (κ1) is 17.1. The number of nitrogens with zero attached hydrogens (tertiary/aromatic N) is 2. The van der Waals surface area contributed by atoms with E-state index in [1.54, 1.807) is 25.9 Å². The number of amides is 1. The molecule has 2 N–H and O–H groups in total. The maximum atomic E-state index is 12.8. The molecule has 3 atom stereocenters. The van der Waals surface area contributed by atoms with E-state index in [4.69, 9.17) is 4.74 Å². The van der Waals surface area contributed by atoms with Gasteiger partial charge in [-0.05, 0) is 39.5 Å². The van der Waals surface area contributed by atoms with Crippen molar-refractivity contribution < 1.29 is 14.6 Å². The Morgan fingerprint density at radius 2 is 2.21 bits per heavy atom. The van der Waals surface area contributed by atoms with Crippen molar-refractivity contribution in [1.82, 2.24) is 14.9 Å². The number of nitrogens with one attached hydrogen (secondary N) is 1. The van der Waals surface area contributed by atoms with E-state index in [1.165, 1.54) is 0 Å². The molecule has 0 aromatic carbocycles. The molecule has 1 aromatic heterocycles. The van der Waals surface area contributed by atoms with Gasteiger partial charge in [-0.15, -0.1) is 0 Å². The molecule has 0 spiro atoms. The molecule has 7 nitrogen and oxygen atoms in total. The van der Waals surface area contributed by atoms with Crippen LogP contribution in [0.25, 0.3) is 0 Å². The van der Waals surface area contributed by atoms with Gasteiger partial charge in [0.1, 0.15) is 5.82 Å². The predicted octanol–water partition coefficient (Wildman–Crippen LogP) is 0.460. The van der Waals surface area contributed by atoms with Gasteiger partial charge in [-0.1, -0.05) is 0 Å². The zero-order valence-electron chi connectivity index (χ0n) is 14.5. The third-order valence-corrected chi connectivity index (χ3v) is 5.55. The minimum Gasteiger partial charge on any atom is -0.393 e. The zero-order valence-corrected chi connectivity index (χ0v) is 14.5. The fraction of sp³-hybridized carbons (Fsp3) is 0.706. The number of aromatic nitrogens is 2. The first-order valence-corrected chi connectivity index (χ1v) is 8.45. The van der Waals surface area contributed by atoms with Gasteiger partial charge in [-0.25, -0.2) is 4.98 Å². The molecule has 24 heavy (non-hydrogen) atoms. The second-order valence-electron chi connectivity index (χ2n) is 6.94. The van der Waals surface area contributed by atoms with Gasteiger partial charge < -0.3 is 19.7 Å². The molecule has 1 saturated carbocycles. The number of aliphatic hydroxyl groups excluding tert-OH is 1. The lowest BCUT2D eigenvalue weighted by Crippen LogP contribution is -2.53. The van der Waals surface area contributed by atoms with Crippen LogP contribution < -0.4 is 5.56 Å². The Kier molecular flexibility index (Phi) is 4.48. The maximum Gasteiger partial charge on any atom is 0.254 e. The SMILES string of the molecule is CO[C@@]12CC[C@H](O)C[C@@H]1N(C(=O)Cc1c(C)nc(C)[nH]c1=O)CC2. The van der Waals surface area contributed by atoms with Crippen LogP contribution in [0, 0.1) is 13.8 Å². The van der Waals surface area contributed by atoms with Gasteiger partial charge in [0.15, 0.2) is 0 Å². The van der Waals surface area contributed by atoms with E-state index in [9.17, 15) is 14.7 Å². The lowest BCUT2D eigenvalue weighted by atomic mass is 9.79. The van der Waals surface area contributed by atoms with Crippen LogP contribution in [-0.4, -0.2) is 57.3 Å². The van der Waals surface area contributed by atoms with Crippen LogP contribution in [0.15, 0.2) is 4.79 Å². The second kappa shape index (κ2) is 6.29. The van der Waals surface area contributed by atoms with Gasteiger partial charge in [-0.2, -0.15) is 0 Å². The van der Waals surface area contributed by atoms with Crippen molar-refractivity contribution in [2.75, 3.05) is 13.7 Å². The molecule has 1 amide bonds. The van der Waals surface area contributed by atoms with Crippen LogP contribution in [0.3, 0.4) is 0 Å². The van der Waals surface area contributed by atoms with Gasteiger partial charge in [0.05, 0.1) is 24.2 Å². The Morgan fingerprint density at radius 1 is 1.46 bits per heavy atom. The molecule has 0 bridgehead atoms. The highest BCUT2D eigenvalue weighted by Crippen LogP contribution is 2.42. The zero-order chi connectivity index (χ0) is 17.5. The first-order valence-electron chi connectivity index (χ1n) is 8.45. The maximum absolute atomic E-state index is 12.8. The number of likely N-dealkylation sites (tertiary alicyclic amines) is 1. The van der Waals surface area contributed by atoms with E-state index >= 15 is 0 Å². The molecule has 3 rings (SSSR count). The lowest BCUT2D eigenvalue weighted by molar-refractivity contribution is -0.139. The third kappa shape index (κ3) is 2.86. The minimum absolute atomic E-state index is 0.0286.